The van der Waals surface area contributed by atoms with E-state index in [4.69, 9.17) is 4.43 Å². The second-order valence-corrected chi connectivity index (χ2v) is 10.7. The molecule has 1 heterocycles. The molecule has 0 radical (unpaired) electrons. The quantitative estimate of drug-likeness (QED) is 0.575. The molecule has 0 aromatic heterocycles. The highest BCUT2D eigenvalue weighted by Gasteiger charge is 2.28. The van der Waals surface area contributed by atoms with Crippen LogP contribution in [0.2, 0.25) is 18.1 Å². The van der Waals surface area contributed by atoms with Gasteiger partial charge in [0.2, 0.25) is 0 Å². The lowest BCUT2D eigenvalue weighted by molar-refractivity contribution is 0.303. The Balaban J connectivity index is 1.95. The summed E-state index contributed by atoms with van der Waals surface area (Å²) in [5.41, 5.74) is 4.24. The second-order valence-electron chi connectivity index (χ2n) is 5.18. The number of rotatable bonds is 7. The first-order valence-corrected chi connectivity index (χ1v) is 10.9. The average molecular weight is 296 g/mol. The minimum Gasteiger partial charge on any atom is -0.416 e. The molecule has 106 valence electrons. The van der Waals surface area contributed by atoms with Gasteiger partial charge in [-0.1, -0.05) is 32.9 Å². The molecular weight excluding hydrogens is 270 g/mol. The summed E-state index contributed by atoms with van der Waals surface area (Å²) in [7, 11) is -1.42. The van der Waals surface area contributed by atoms with Gasteiger partial charge in [0.05, 0.1) is 0 Å². The molecule has 0 bridgehead atoms. The Labute approximate surface area is 122 Å². The van der Waals surface area contributed by atoms with Crippen LogP contribution in [0.5, 0.6) is 0 Å². The Kier molecular flexibility index (Phi) is 5.36. The average Bonchev–Trinajstić information content (AvgIpc) is 2.93. The van der Waals surface area contributed by atoms with Gasteiger partial charge in [0.15, 0.2) is 8.32 Å². The van der Waals surface area contributed by atoms with E-state index in [1.165, 1.54) is 34.9 Å². The zero-order valence-electron chi connectivity index (χ0n) is 12.3. The van der Waals surface area contributed by atoms with E-state index in [2.05, 4.69) is 43.7 Å². The van der Waals surface area contributed by atoms with Crippen molar-refractivity contribution in [1.29, 1.82) is 0 Å². The van der Waals surface area contributed by atoms with Crippen LogP contribution in [0.25, 0.3) is 0 Å². The van der Waals surface area contributed by atoms with Crippen molar-refractivity contribution in [3.63, 3.8) is 0 Å². The smallest absolute Gasteiger partial charge is 0.191 e. The summed E-state index contributed by atoms with van der Waals surface area (Å²) >= 11 is 1.79. The van der Waals surface area contributed by atoms with E-state index in [0.717, 1.165) is 18.8 Å². The first kappa shape index (κ1) is 14.9. The maximum absolute atomic E-state index is 6.35. The molecule has 1 aliphatic rings. The maximum Gasteiger partial charge on any atom is 0.191 e. The molecular formula is C15H25NOSSi. The Bertz CT molecular complexity index is 412. The van der Waals surface area contributed by atoms with Crippen molar-refractivity contribution in [2.75, 3.05) is 11.3 Å². The minimum absolute atomic E-state index is 0.892. The molecule has 1 aromatic carbocycles. The van der Waals surface area contributed by atoms with Crippen molar-refractivity contribution < 1.29 is 4.43 Å². The summed E-state index contributed by atoms with van der Waals surface area (Å²) in [5.74, 6) is 1.09. The third-order valence-corrected chi connectivity index (χ3v) is 9.86. The first-order valence-electron chi connectivity index (χ1n) is 7.37. The molecule has 0 aliphatic carbocycles. The van der Waals surface area contributed by atoms with Gasteiger partial charge in [-0.15, -0.1) is 0 Å². The monoisotopic (exact) mass is 295 g/mol. The number of nitrogens with one attached hydrogen (secondary N) is 1. The van der Waals surface area contributed by atoms with Crippen LogP contribution in [0.3, 0.4) is 0 Å². The van der Waals surface area contributed by atoms with Crippen molar-refractivity contribution in [1.82, 2.24) is 0 Å². The van der Waals surface area contributed by atoms with Crippen LogP contribution in [-0.4, -0.2) is 14.9 Å². The van der Waals surface area contributed by atoms with Crippen molar-refractivity contribution in [3.8, 4) is 0 Å². The largest absolute Gasteiger partial charge is 0.416 e. The maximum atomic E-state index is 6.35. The zero-order valence-corrected chi connectivity index (χ0v) is 14.1. The van der Waals surface area contributed by atoms with Crippen LogP contribution in [0.4, 0.5) is 5.69 Å². The molecule has 0 saturated heterocycles. The van der Waals surface area contributed by atoms with E-state index < -0.39 is 8.32 Å². The van der Waals surface area contributed by atoms with Crippen LogP contribution >= 0.6 is 11.9 Å². The van der Waals surface area contributed by atoms with Crippen LogP contribution in [-0.2, 0) is 16.6 Å². The highest BCUT2D eigenvalue weighted by molar-refractivity contribution is 8.00. The number of anilines is 1. The molecule has 0 atom stereocenters. The van der Waals surface area contributed by atoms with E-state index in [-0.39, 0.29) is 0 Å². The first-order chi connectivity index (χ1) is 9.24. The Morgan fingerprint density at radius 1 is 1.21 bits per heavy atom. The Hall–Kier alpha value is -0.453. The fraction of sp³-hybridized carbons (Fsp3) is 0.600. The third kappa shape index (κ3) is 3.36. The van der Waals surface area contributed by atoms with E-state index in [1.54, 1.807) is 11.9 Å². The fourth-order valence-electron chi connectivity index (χ4n) is 2.75. The summed E-state index contributed by atoms with van der Waals surface area (Å²) < 4.78 is 9.72. The minimum atomic E-state index is -1.42. The molecule has 2 nitrogen and oxygen atoms in total. The molecule has 1 aliphatic heterocycles. The Morgan fingerprint density at radius 3 is 2.63 bits per heavy atom. The molecule has 0 spiro atoms. The Morgan fingerprint density at radius 2 is 1.95 bits per heavy atom. The number of hydrogen-bond donors (Lipinski definition) is 1. The molecule has 1 aromatic rings. The predicted molar refractivity (Wildman–Crippen MR) is 88.2 cm³/mol. The van der Waals surface area contributed by atoms with E-state index >= 15 is 0 Å². The number of benzene rings is 1. The van der Waals surface area contributed by atoms with Crippen LogP contribution < -0.4 is 4.72 Å². The van der Waals surface area contributed by atoms with Crippen LogP contribution in [0.15, 0.2) is 18.2 Å². The highest BCUT2D eigenvalue weighted by atomic mass is 32.2. The van der Waals surface area contributed by atoms with E-state index in [9.17, 15) is 0 Å². The zero-order chi connectivity index (χ0) is 13.7. The molecule has 1 N–H and O–H groups in total. The van der Waals surface area contributed by atoms with Crippen molar-refractivity contribution >= 4 is 26.0 Å². The summed E-state index contributed by atoms with van der Waals surface area (Å²) in [6.45, 7) is 7.77. The summed E-state index contributed by atoms with van der Waals surface area (Å²) in [5, 5.41) is 0. The lowest BCUT2D eigenvalue weighted by Crippen LogP contribution is -2.36. The van der Waals surface area contributed by atoms with Crippen LogP contribution in [0, 0.1) is 0 Å². The lowest BCUT2D eigenvalue weighted by atomic mass is 10.0. The lowest BCUT2D eigenvalue weighted by Gasteiger charge is -2.28. The molecule has 0 saturated carbocycles. The number of fused-ring (bicyclic) bond motifs is 1. The van der Waals surface area contributed by atoms with Crippen molar-refractivity contribution in [2.45, 2.75) is 51.1 Å². The van der Waals surface area contributed by atoms with Gasteiger partial charge in [-0.3, -0.25) is 0 Å². The van der Waals surface area contributed by atoms with Gasteiger partial charge in [-0.2, -0.15) is 0 Å². The molecule has 2 rings (SSSR count). The standard InChI is InChI=1S/C15H25NOSSi/c1-4-19(5-2,6-3)17-11-10-13-8-7-9-15-14(13)12-18-16-15/h7-9,16H,4-6,10-12H2,1-3H3. The molecule has 0 amide bonds. The molecule has 0 fully saturated rings. The van der Waals surface area contributed by atoms with Gasteiger partial charge in [0.25, 0.3) is 0 Å². The van der Waals surface area contributed by atoms with Gasteiger partial charge < -0.3 is 9.15 Å². The second kappa shape index (κ2) is 6.82. The van der Waals surface area contributed by atoms with E-state index in [1.807, 2.05) is 0 Å². The van der Waals surface area contributed by atoms with Gasteiger partial charge in [0.1, 0.15) is 0 Å². The van der Waals surface area contributed by atoms with Gasteiger partial charge >= 0.3 is 0 Å². The summed E-state index contributed by atoms with van der Waals surface area (Å²) in [6.07, 6.45) is 1.06. The fourth-order valence-corrected chi connectivity index (χ4v) is 6.31. The van der Waals surface area contributed by atoms with Crippen molar-refractivity contribution in [2.24, 2.45) is 0 Å². The van der Waals surface area contributed by atoms with Crippen LogP contribution in [0.1, 0.15) is 31.9 Å². The van der Waals surface area contributed by atoms with Gasteiger partial charge in [-0.05, 0) is 53.7 Å². The SMILES string of the molecule is CC[Si](CC)(CC)OCCc1cccc2c1CSN2. The summed E-state index contributed by atoms with van der Waals surface area (Å²) in [4.78, 5) is 0. The number of hydrogen-bond acceptors (Lipinski definition) is 3. The van der Waals surface area contributed by atoms with Gasteiger partial charge in [0, 0.05) is 18.0 Å². The predicted octanol–water partition coefficient (Wildman–Crippen LogP) is 4.82. The van der Waals surface area contributed by atoms with Gasteiger partial charge in [-0.25, -0.2) is 0 Å². The highest BCUT2D eigenvalue weighted by Crippen LogP contribution is 2.33. The summed E-state index contributed by atoms with van der Waals surface area (Å²) in [6, 6.07) is 10.3. The normalized spacial score (nSPS) is 14.3. The molecule has 19 heavy (non-hydrogen) atoms. The van der Waals surface area contributed by atoms with E-state index in [0.29, 0.717) is 0 Å². The third-order valence-electron chi connectivity index (χ3n) is 4.38. The molecule has 0 unspecified atom stereocenters. The topological polar surface area (TPSA) is 21.3 Å². The van der Waals surface area contributed by atoms with Crippen molar-refractivity contribution in [3.05, 3.63) is 29.3 Å². The molecule has 4 heteroatoms.